The third kappa shape index (κ3) is 3.14. The second-order valence-corrected chi connectivity index (χ2v) is 5.96. The highest BCUT2D eigenvalue weighted by Crippen LogP contribution is 2.24. The van der Waals surface area contributed by atoms with Crippen LogP contribution in [0.3, 0.4) is 0 Å². The minimum absolute atomic E-state index is 0.700. The van der Waals surface area contributed by atoms with Gasteiger partial charge in [-0.05, 0) is 47.5 Å². The smallest absolute Gasteiger partial charge is 0.119 e. The van der Waals surface area contributed by atoms with Crippen LogP contribution in [-0.4, -0.2) is 18.1 Å². The van der Waals surface area contributed by atoms with Crippen LogP contribution in [0.1, 0.15) is 11.1 Å². The molecule has 0 bridgehead atoms. The number of hydrogen-bond donors (Lipinski definition) is 1. The molecule has 2 aromatic rings. The van der Waals surface area contributed by atoms with Gasteiger partial charge in [0.25, 0.3) is 0 Å². The summed E-state index contributed by atoms with van der Waals surface area (Å²) >= 11 is 3.42. The van der Waals surface area contributed by atoms with Crippen molar-refractivity contribution in [3.8, 4) is 5.75 Å². The van der Waals surface area contributed by atoms with Crippen molar-refractivity contribution in [3.63, 3.8) is 0 Å². The number of nitrogen functional groups attached to an aromatic ring is 1. The summed E-state index contributed by atoms with van der Waals surface area (Å²) in [7, 11) is 0. The van der Waals surface area contributed by atoms with Gasteiger partial charge < -0.3 is 10.5 Å². The molecule has 0 aliphatic carbocycles. The van der Waals surface area contributed by atoms with Gasteiger partial charge in [0, 0.05) is 29.8 Å². The third-order valence-electron chi connectivity index (χ3n) is 3.51. The Morgan fingerprint density at radius 1 is 1.05 bits per heavy atom. The number of benzene rings is 2. The molecule has 4 heteroatoms. The number of rotatable bonds is 4. The summed E-state index contributed by atoms with van der Waals surface area (Å²) in [5.74, 6) is 0.911. The molecule has 3 rings (SSSR count). The number of halogens is 1. The Labute approximate surface area is 127 Å². The zero-order valence-electron chi connectivity index (χ0n) is 11.2. The maximum absolute atomic E-state index is 5.82. The number of nitrogens with zero attached hydrogens (tertiary/aromatic N) is 1. The zero-order valence-corrected chi connectivity index (χ0v) is 12.8. The van der Waals surface area contributed by atoms with Crippen LogP contribution in [-0.2, 0) is 13.1 Å². The lowest BCUT2D eigenvalue weighted by atomic mass is 10.1. The molecular formula is C16H17BrN2O. The van der Waals surface area contributed by atoms with Crippen molar-refractivity contribution >= 4 is 21.6 Å². The van der Waals surface area contributed by atoms with E-state index in [2.05, 4.69) is 33.0 Å². The molecule has 1 heterocycles. The number of ether oxygens (including phenoxy) is 1. The van der Waals surface area contributed by atoms with Crippen LogP contribution in [0.25, 0.3) is 0 Å². The molecule has 0 saturated carbocycles. The predicted molar refractivity (Wildman–Crippen MR) is 84.6 cm³/mol. The van der Waals surface area contributed by atoms with Crippen LogP contribution in [0, 0.1) is 0 Å². The van der Waals surface area contributed by atoms with E-state index in [1.165, 1.54) is 11.1 Å². The first-order valence-electron chi connectivity index (χ1n) is 6.69. The Morgan fingerprint density at radius 2 is 1.80 bits per heavy atom. The molecule has 2 N–H and O–H groups in total. The quantitative estimate of drug-likeness (QED) is 0.872. The van der Waals surface area contributed by atoms with E-state index in [-0.39, 0.29) is 0 Å². The largest absolute Gasteiger partial charge is 0.492 e. The average Bonchev–Trinajstić information content (AvgIpc) is 2.83. The molecule has 0 aromatic heterocycles. The predicted octanol–water partition coefficient (Wildman–Crippen LogP) is 3.43. The van der Waals surface area contributed by atoms with Crippen molar-refractivity contribution in [2.45, 2.75) is 13.1 Å². The molecule has 0 spiro atoms. The molecule has 20 heavy (non-hydrogen) atoms. The summed E-state index contributed by atoms with van der Waals surface area (Å²) < 4.78 is 6.83. The normalized spacial score (nSPS) is 14.2. The van der Waals surface area contributed by atoms with Gasteiger partial charge in [-0.25, -0.2) is 0 Å². The average molecular weight is 333 g/mol. The SMILES string of the molecule is Nc1ccc2c(c1)CN(CCOc1ccc(Br)cc1)C2. The number of nitrogens with two attached hydrogens (primary N) is 1. The van der Waals surface area contributed by atoms with E-state index in [0.29, 0.717) is 6.61 Å². The number of anilines is 1. The molecule has 1 aliphatic rings. The molecule has 0 amide bonds. The molecule has 0 radical (unpaired) electrons. The van der Waals surface area contributed by atoms with Crippen molar-refractivity contribution in [3.05, 3.63) is 58.1 Å². The van der Waals surface area contributed by atoms with Gasteiger partial charge in [-0.15, -0.1) is 0 Å². The van der Waals surface area contributed by atoms with Crippen LogP contribution in [0.4, 0.5) is 5.69 Å². The Morgan fingerprint density at radius 3 is 2.60 bits per heavy atom. The molecule has 0 fully saturated rings. The van der Waals surface area contributed by atoms with Gasteiger partial charge in [0.2, 0.25) is 0 Å². The first-order valence-corrected chi connectivity index (χ1v) is 7.48. The highest BCUT2D eigenvalue weighted by atomic mass is 79.9. The van der Waals surface area contributed by atoms with Gasteiger partial charge in [-0.2, -0.15) is 0 Å². The molecule has 0 atom stereocenters. The van der Waals surface area contributed by atoms with Crippen LogP contribution in [0.15, 0.2) is 46.9 Å². The minimum atomic E-state index is 0.700. The fraction of sp³-hybridized carbons (Fsp3) is 0.250. The Balaban J connectivity index is 1.50. The Bertz CT molecular complexity index is 598. The molecule has 3 nitrogen and oxygen atoms in total. The summed E-state index contributed by atoms with van der Waals surface area (Å²) in [6.45, 7) is 3.57. The first-order chi connectivity index (χ1) is 9.70. The molecule has 0 saturated heterocycles. The number of hydrogen-bond acceptors (Lipinski definition) is 3. The minimum Gasteiger partial charge on any atom is -0.492 e. The maximum atomic E-state index is 5.82. The molecule has 1 aliphatic heterocycles. The van der Waals surface area contributed by atoms with Gasteiger partial charge in [-0.3, -0.25) is 4.90 Å². The Hall–Kier alpha value is -1.52. The molecule has 0 unspecified atom stereocenters. The summed E-state index contributed by atoms with van der Waals surface area (Å²) in [6.07, 6.45) is 0. The third-order valence-corrected chi connectivity index (χ3v) is 4.04. The monoisotopic (exact) mass is 332 g/mol. The van der Waals surface area contributed by atoms with Crippen LogP contribution < -0.4 is 10.5 Å². The topological polar surface area (TPSA) is 38.5 Å². The fourth-order valence-corrected chi connectivity index (χ4v) is 2.73. The van der Waals surface area contributed by atoms with Crippen LogP contribution in [0.2, 0.25) is 0 Å². The molecular weight excluding hydrogens is 316 g/mol. The summed E-state index contributed by atoms with van der Waals surface area (Å²) in [5, 5.41) is 0. The standard InChI is InChI=1S/C16H17BrN2O/c17-14-2-5-16(6-3-14)20-8-7-19-10-12-1-4-15(18)9-13(12)11-19/h1-6,9H,7-8,10-11,18H2. The summed E-state index contributed by atoms with van der Waals surface area (Å²) in [5.41, 5.74) is 9.38. The van der Waals surface area contributed by atoms with E-state index in [9.17, 15) is 0 Å². The van der Waals surface area contributed by atoms with E-state index >= 15 is 0 Å². The summed E-state index contributed by atoms with van der Waals surface area (Å²) in [4.78, 5) is 2.38. The lowest BCUT2D eigenvalue weighted by Gasteiger charge is -2.15. The second kappa shape index (κ2) is 5.85. The zero-order chi connectivity index (χ0) is 13.9. The van der Waals surface area contributed by atoms with E-state index < -0.39 is 0 Å². The van der Waals surface area contributed by atoms with Gasteiger partial charge in [0.05, 0.1) is 0 Å². The van der Waals surface area contributed by atoms with Crippen molar-refractivity contribution in [1.82, 2.24) is 4.90 Å². The molecule has 104 valence electrons. The van der Waals surface area contributed by atoms with E-state index in [1.54, 1.807) is 0 Å². The number of fused-ring (bicyclic) bond motifs is 1. The highest BCUT2D eigenvalue weighted by Gasteiger charge is 2.18. The lowest BCUT2D eigenvalue weighted by Crippen LogP contribution is -2.22. The maximum Gasteiger partial charge on any atom is 0.119 e. The van der Waals surface area contributed by atoms with Crippen molar-refractivity contribution in [1.29, 1.82) is 0 Å². The van der Waals surface area contributed by atoms with E-state index in [4.69, 9.17) is 10.5 Å². The lowest BCUT2D eigenvalue weighted by molar-refractivity contribution is 0.211. The molecule has 2 aromatic carbocycles. The first kappa shape index (κ1) is 13.5. The summed E-state index contributed by atoms with van der Waals surface area (Å²) in [6, 6.07) is 14.1. The van der Waals surface area contributed by atoms with Crippen molar-refractivity contribution < 1.29 is 4.74 Å². The second-order valence-electron chi connectivity index (χ2n) is 5.04. The van der Waals surface area contributed by atoms with Gasteiger partial charge in [0.1, 0.15) is 12.4 Å². The highest BCUT2D eigenvalue weighted by molar-refractivity contribution is 9.10. The van der Waals surface area contributed by atoms with Gasteiger partial charge in [0.15, 0.2) is 0 Å². The Kier molecular flexibility index (Phi) is 3.94. The van der Waals surface area contributed by atoms with E-state index in [1.807, 2.05) is 30.3 Å². The fourth-order valence-electron chi connectivity index (χ4n) is 2.47. The van der Waals surface area contributed by atoms with Crippen molar-refractivity contribution in [2.24, 2.45) is 0 Å². The van der Waals surface area contributed by atoms with Gasteiger partial charge >= 0.3 is 0 Å². The van der Waals surface area contributed by atoms with Gasteiger partial charge in [-0.1, -0.05) is 22.0 Å². The van der Waals surface area contributed by atoms with Crippen LogP contribution in [0.5, 0.6) is 5.75 Å². The van der Waals surface area contributed by atoms with Crippen LogP contribution >= 0.6 is 15.9 Å². The van der Waals surface area contributed by atoms with E-state index in [0.717, 1.165) is 35.5 Å². The van der Waals surface area contributed by atoms with Crippen molar-refractivity contribution in [2.75, 3.05) is 18.9 Å².